The number of carbonyl (C=O) groups excluding carboxylic acids is 2. The Bertz CT molecular complexity index is 1690. The maximum absolute atomic E-state index is 12.7. The molecule has 3 heterocycles. The highest BCUT2D eigenvalue weighted by Crippen LogP contribution is 2.45. The molecule has 7 rings (SSSR count). The van der Waals surface area contributed by atoms with Crippen molar-refractivity contribution in [2.75, 3.05) is 10.6 Å². The van der Waals surface area contributed by atoms with E-state index in [0.29, 0.717) is 27.4 Å². The second-order valence-electron chi connectivity index (χ2n) is 10.4. The van der Waals surface area contributed by atoms with Crippen LogP contribution in [0.1, 0.15) is 37.4 Å². The molecule has 0 fully saturated rings. The number of nitrogens with zero attached hydrogens (tertiary/aromatic N) is 4. The van der Waals surface area contributed by atoms with Gasteiger partial charge in [-0.15, -0.1) is 0 Å². The second-order valence-corrected chi connectivity index (χ2v) is 11.8. The minimum absolute atomic E-state index is 0.163. The Morgan fingerprint density at radius 1 is 1.15 bits per heavy atom. The third kappa shape index (κ3) is 4.47. The summed E-state index contributed by atoms with van der Waals surface area (Å²) in [6, 6.07) is 9.26. The highest BCUT2D eigenvalue weighted by atomic mass is 35.5. The molecule has 0 spiro atoms. The monoisotopic (exact) mass is 571 g/mol. The van der Waals surface area contributed by atoms with Crippen molar-refractivity contribution in [1.82, 2.24) is 25.1 Å². The molecular formula is C29H26ClN7O2S. The van der Waals surface area contributed by atoms with Crippen molar-refractivity contribution >= 4 is 45.7 Å². The highest BCUT2D eigenvalue weighted by Gasteiger charge is 2.34. The lowest BCUT2D eigenvalue weighted by molar-refractivity contribution is -0.114. The first-order valence-corrected chi connectivity index (χ1v) is 14.5. The van der Waals surface area contributed by atoms with Crippen LogP contribution in [0.25, 0.3) is 27.5 Å². The number of anilines is 2. The lowest BCUT2D eigenvalue weighted by Gasteiger charge is -2.23. The van der Waals surface area contributed by atoms with E-state index in [0.717, 1.165) is 65.2 Å². The first kappa shape index (κ1) is 25.0. The zero-order valence-corrected chi connectivity index (χ0v) is 23.3. The van der Waals surface area contributed by atoms with Crippen molar-refractivity contribution in [3.05, 3.63) is 70.7 Å². The summed E-state index contributed by atoms with van der Waals surface area (Å²) in [4.78, 5) is 34.4. The highest BCUT2D eigenvalue weighted by molar-refractivity contribution is 7.19. The van der Waals surface area contributed by atoms with Crippen molar-refractivity contribution in [2.45, 2.75) is 45.1 Å². The molecule has 4 aromatic rings. The number of fused-ring (bicyclic) bond motifs is 4. The van der Waals surface area contributed by atoms with Crippen LogP contribution >= 0.6 is 22.9 Å². The Morgan fingerprint density at radius 2 is 2.05 bits per heavy atom. The number of amides is 3. The number of pyridine rings is 1. The number of urea groups is 1. The molecule has 0 saturated carbocycles. The summed E-state index contributed by atoms with van der Waals surface area (Å²) in [5.41, 5.74) is 7.38. The van der Waals surface area contributed by atoms with Crippen LogP contribution in [0.5, 0.6) is 0 Å². The molecule has 3 N–H and O–H groups in total. The molecule has 9 nitrogen and oxygen atoms in total. The van der Waals surface area contributed by atoms with Crippen LogP contribution in [0.15, 0.2) is 54.4 Å². The number of thiazole rings is 1. The molecule has 11 heteroatoms. The SMILES string of the molecule is CC(=O)Nc1nc2c(s1)-c1c(c(-c3cccnc3)nn1-c1ccc(NC(=O)N[C@@H]3CC4=C[C@H]3CC4)cc1Cl)CC2. The van der Waals surface area contributed by atoms with Crippen LogP contribution in [-0.4, -0.2) is 37.7 Å². The number of hydrogen-bond donors (Lipinski definition) is 3. The standard InChI is InChI=1S/C29H26ClN7O2S/c1-15(38)32-29-35-22-8-7-20-25(18-3-2-10-31-14-18)36-37(26(20)27(22)40-29)24-9-6-19(13-21(24)30)33-28(39)34-23-12-16-4-5-17(23)11-16/h2-3,6,9-11,13-14,17,23H,4-5,7-8,12H2,1H3,(H,32,35,38)(H2,33,34,39)/t17-,23-/m1/s1. The van der Waals surface area contributed by atoms with Gasteiger partial charge in [-0.1, -0.05) is 34.6 Å². The molecule has 2 atom stereocenters. The van der Waals surface area contributed by atoms with Crippen molar-refractivity contribution in [1.29, 1.82) is 0 Å². The molecule has 40 heavy (non-hydrogen) atoms. The smallest absolute Gasteiger partial charge is 0.319 e. The van der Waals surface area contributed by atoms with Gasteiger partial charge < -0.3 is 16.0 Å². The van der Waals surface area contributed by atoms with Gasteiger partial charge in [0.05, 0.1) is 32.7 Å². The van der Waals surface area contributed by atoms with E-state index in [9.17, 15) is 9.59 Å². The Hall–Kier alpha value is -4.02. The fourth-order valence-electron chi connectivity index (χ4n) is 5.98. The number of aromatic nitrogens is 4. The van der Waals surface area contributed by atoms with Crippen LogP contribution in [-0.2, 0) is 17.6 Å². The van der Waals surface area contributed by atoms with Gasteiger partial charge in [0.2, 0.25) is 5.91 Å². The van der Waals surface area contributed by atoms with Crippen LogP contribution in [0.2, 0.25) is 5.02 Å². The number of hydrogen-bond acceptors (Lipinski definition) is 6. The molecule has 1 aromatic carbocycles. The van der Waals surface area contributed by atoms with Crippen LogP contribution in [0.3, 0.4) is 0 Å². The second kappa shape index (κ2) is 9.87. The predicted molar refractivity (Wildman–Crippen MR) is 156 cm³/mol. The minimum Gasteiger partial charge on any atom is -0.334 e. The molecule has 2 bridgehead atoms. The number of halogens is 1. The average Bonchev–Trinajstić information content (AvgIpc) is 3.71. The lowest BCUT2D eigenvalue weighted by atomic mass is 9.94. The first-order valence-electron chi connectivity index (χ1n) is 13.3. The summed E-state index contributed by atoms with van der Waals surface area (Å²) in [6.07, 6.45) is 10.5. The van der Waals surface area contributed by atoms with Gasteiger partial charge in [0.15, 0.2) is 5.13 Å². The summed E-state index contributed by atoms with van der Waals surface area (Å²) in [5.74, 6) is 0.276. The lowest BCUT2D eigenvalue weighted by Crippen LogP contribution is -2.41. The average molecular weight is 572 g/mol. The van der Waals surface area contributed by atoms with Gasteiger partial charge in [0.25, 0.3) is 0 Å². The zero-order chi connectivity index (χ0) is 27.4. The number of rotatable bonds is 5. The summed E-state index contributed by atoms with van der Waals surface area (Å²) in [6.45, 7) is 1.47. The molecule has 0 radical (unpaired) electrons. The van der Waals surface area contributed by atoms with Crippen LogP contribution in [0, 0.1) is 5.92 Å². The van der Waals surface area contributed by atoms with E-state index in [4.69, 9.17) is 16.7 Å². The quantitative estimate of drug-likeness (QED) is 0.254. The van der Waals surface area contributed by atoms with Crippen molar-refractivity contribution in [3.63, 3.8) is 0 Å². The van der Waals surface area contributed by atoms with Gasteiger partial charge >= 0.3 is 6.03 Å². The van der Waals surface area contributed by atoms with Crippen LogP contribution < -0.4 is 16.0 Å². The van der Waals surface area contributed by atoms with Crippen molar-refractivity contribution in [2.24, 2.45) is 5.92 Å². The van der Waals surface area contributed by atoms with E-state index < -0.39 is 0 Å². The minimum atomic E-state index is -0.231. The maximum Gasteiger partial charge on any atom is 0.319 e. The molecule has 3 aromatic heterocycles. The van der Waals surface area contributed by atoms with Gasteiger partial charge in [-0.25, -0.2) is 14.5 Å². The fraction of sp³-hybridized carbons (Fsp3) is 0.276. The molecule has 202 valence electrons. The Kier molecular flexibility index (Phi) is 6.16. The molecular weight excluding hydrogens is 546 g/mol. The van der Waals surface area contributed by atoms with Gasteiger partial charge in [0, 0.05) is 42.2 Å². The van der Waals surface area contributed by atoms with Gasteiger partial charge in [0.1, 0.15) is 0 Å². The van der Waals surface area contributed by atoms with E-state index in [1.165, 1.54) is 23.8 Å². The topological polar surface area (TPSA) is 114 Å². The number of carbonyl (C=O) groups is 2. The first-order chi connectivity index (χ1) is 19.4. The molecule has 3 aliphatic rings. The third-order valence-corrected chi connectivity index (χ3v) is 9.05. The fourth-order valence-corrected chi connectivity index (χ4v) is 7.35. The van der Waals surface area contributed by atoms with Crippen molar-refractivity contribution < 1.29 is 9.59 Å². The largest absolute Gasteiger partial charge is 0.334 e. The molecule has 3 amide bonds. The van der Waals surface area contributed by atoms with Gasteiger partial charge in [-0.05, 0) is 68.4 Å². The summed E-state index contributed by atoms with van der Waals surface area (Å²) in [7, 11) is 0. The van der Waals surface area contributed by atoms with E-state index in [-0.39, 0.29) is 18.0 Å². The van der Waals surface area contributed by atoms with E-state index in [1.54, 1.807) is 18.5 Å². The molecule has 0 aliphatic heterocycles. The summed E-state index contributed by atoms with van der Waals surface area (Å²) >= 11 is 8.27. The van der Waals surface area contributed by atoms with Crippen molar-refractivity contribution in [3.8, 4) is 27.5 Å². The Labute approximate surface area is 239 Å². The van der Waals surface area contributed by atoms with Gasteiger partial charge in [-0.3, -0.25) is 9.78 Å². The van der Waals surface area contributed by atoms with E-state index in [2.05, 4.69) is 32.0 Å². The van der Waals surface area contributed by atoms with E-state index in [1.807, 2.05) is 28.9 Å². The van der Waals surface area contributed by atoms with Crippen LogP contribution in [0.4, 0.5) is 15.6 Å². The molecule has 0 unspecified atom stereocenters. The third-order valence-electron chi connectivity index (χ3n) is 7.72. The summed E-state index contributed by atoms with van der Waals surface area (Å²) in [5, 5.41) is 14.9. The number of benzene rings is 1. The maximum atomic E-state index is 12.7. The number of nitrogens with one attached hydrogen (secondary N) is 3. The molecule has 0 saturated heterocycles. The predicted octanol–water partition coefficient (Wildman–Crippen LogP) is 6.00. The Morgan fingerprint density at radius 3 is 2.77 bits per heavy atom. The van der Waals surface area contributed by atoms with Gasteiger partial charge in [-0.2, -0.15) is 5.10 Å². The summed E-state index contributed by atoms with van der Waals surface area (Å²) < 4.78 is 1.85. The number of aryl methyl sites for hydroxylation is 1. The Balaban J connectivity index is 1.23. The normalized spacial score (nSPS) is 18.6. The zero-order valence-electron chi connectivity index (χ0n) is 21.7. The molecule has 3 aliphatic carbocycles. The van der Waals surface area contributed by atoms with E-state index >= 15 is 0 Å².